The molecule has 0 unspecified atom stereocenters. The first-order valence-corrected chi connectivity index (χ1v) is 7.01. The molecule has 2 N–H and O–H groups in total. The van der Waals surface area contributed by atoms with E-state index in [0.29, 0.717) is 13.0 Å². The number of aromatic amines is 1. The number of hydrogen-bond donors (Lipinski definition) is 2. The molecule has 1 aromatic rings. The lowest BCUT2D eigenvalue weighted by molar-refractivity contribution is 0.0691. The minimum Gasteiger partial charge on any atom is -0.478 e. The van der Waals surface area contributed by atoms with E-state index in [1.165, 1.54) is 14.0 Å². The van der Waals surface area contributed by atoms with E-state index in [4.69, 9.17) is 5.11 Å². The monoisotopic (exact) mass is 275 g/mol. The molecule has 102 valence electrons. The predicted octanol–water partition coefficient (Wildman–Crippen LogP) is 0.837. The van der Waals surface area contributed by atoms with Gasteiger partial charge in [0, 0.05) is 19.3 Å². The number of carbonyl (C=O) groups is 1. The molecular weight excluding hydrogens is 258 g/mol. The number of hydrogen-bond acceptors (Lipinski definition) is 4. The molecule has 0 radical (unpaired) electrons. The molecule has 0 spiro atoms. The van der Waals surface area contributed by atoms with E-state index in [2.05, 4.69) is 10.2 Å². The Bertz CT molecular complexity index is 535. The highest BCUT2D eigenvalue weighted by Gasteiger charge is 2.30. The summed E-state index contributed by atoms with van der Waals surface area (Å²) in [6.07, 6.45) is 1.56. The summed E-state index contributed by atoms with van der Waals surface area (Å²) in [6, 6.07) is 0. The minimum absolute atomic E-state index is 0.227. The van der Waals surface area contributed by atoms with Crippen LogP contribution in [-0.2, 0) is 10.0 Å². The van der Waals surface area contributed by atoms with Crippen LogP contribution in [0.3, 0.4) is 0 Å². The number of carboxylic acid groups (broad SMARTS) is 1. The number of nitrogens with zero attached hydrogens (tertiary/aromatic N) is 2. The van der Waals surface area contributed by atoms with Crippen LogP contribution in [0.2, 0.25) is 0 Å². The molecule has 0 atom stereocenters. The van der Waals surface area contributed by atoms with E-state index in [1.54, 1.807) is 0 Å². The van der Waals surface area contributed by atoms with Gasteiger partial charge in [-0.15, -0.1) is 0 Å². The van der Waals surface area contributed by atoms with Crippen LogP contribution in [0.15, 0.2) is 5.03 Å². The first-order chi connectivity index (χ1) is 8.32. The lowest BCUT2D eigenvalue weighted by Gasteiger charge is -2.15. The fourth-order valence-corrected chi connectivity index (χ4v) is 2.82. The van der Waals surface area contributed by atoms with Gasteiger partial charge < -0.3 is 5.11 Å². The number of unbranched alkanes of at least 4 members (excludes halogenated alkanes) is 1. The Balaban J connectivity index is 3.17. The third-order valence-corrected chi connectivity index (χ3v) is 4.40. The zero-order valence-electron chi connectivity index (χ0n) is 10.6. The van der Waals surface area contributed by atoms with E-state index in [1.807, 2.05) is 6.92 Å². The van der Waals surface area contributed by atoms with Gasteiger partial charge in [-0.1, -0.05) is 13.3 Å². The highest BCUT2D eigenvalue weighted by Crippen LogP contribution is 2.19. The van der Waals surface area contributed by atoms with Gasteiger partial charge in [-0.2, -0.15) is 9.40 Å². The normalized spacial score (nSPS) is 12.0. The second kappa shape index (κ2) is 5.49. The SMILES string of the molecule is CCCCN(C)S(=O)(=O)c1n[nH]c(C)c1C(=O)O. The molecule has 0 aliphatic heterocycles. The van der Waals surface area contributed by atoms with Crippen LogP contribution in [0.5, 0.6) is 0 Å². The molecule has 7 nitrogen and oxygen atoms in total. The van der Waals surface area contributed by atoms with E-state index >= 15 is 0 Å². The Morgan fingerprint density at radius 2 is 2.11 bits per heavy atom. The van der Waals surface area contributed by atoms with Crippen LogP contribution < -0.4 is 0 Å². The quantitative estimate of drug-likeness (QED) is 0.800. The van der Waals surface area contributed by atoms with Crippen LogP contribution in [0, 0.1) is 6.92 Å². The summed E-state index contributed by atoms with van der Waals surface area (Å²) in [6.45, 7) is 3.76. The van der Waals surface area contributed by atoms with Gasteiger partial charge in [0.15, 0.2) is 0 Å². The predicted molar refractivity (Wildman–Crippen MR) is 65.0 cm³/mol. The Hall–Kier alpha value is -1.41. The molecule has 0 aromatic carbocycles. The van der Waals surface area contributed by atoms with Crippen LogP contribution in [0.25, 0.3) is 0 Å². The first-order valence-electron chi connectivity index (χ1n) is 5.57. The number of rotatable bonds is 6. The molecule has 0 amide bonds. The Kier molecular flexibility index (Phi) is 4.47. The molecule has 1 rings (SSSR count). The number of aromatic nitrogens is 2. The van der Waals surface area contributed by atoms with Crippen LogP contribution >= 0.6 is 0 Å². The van der Waals surface area contributed by atoms with E-state index < -0.39 is 21.0 Å². The zero-order valence-corrected chi connectivity index (χ0v) is 11.4. The summed E-state index contributed by atoms with van der Waals surface area (Å²) in [5.41, 5.74) is -0.0664. The van der Waals surface area contributed by atoms with Gasteiger partial charge >= 0.3 is 5.97 Å². The van der Waals surface area contributed by atoms with Crippen molar-refractivity contribution in [2.75, 3.05) is 13.6 Å². The van der Waals surface area contributed by atoms with Crippen molar-refractivity contribution in [2.45, 2.75) is 31.7 Å². The second-order valence-electron chi connectivity index (χ2n) is 4.01. The molecule has 1 heterocycles. The topological polar surface area (TPSA) is 103 Å². The molecule has 1 aromatic heterocycles. The van der Waals surface area contributed by atoms with Crippen LogP contribution in [0.4, 0.5) is 0 Å². The zero-order chi connectivity index (χ0) is 13.9. The van der Waals surface area contributed by atoms with Gasteiger partial charge in [0.05, 0.1) is 0 Å². The van der Waals surface area contributed by atoms with Gasteiger partial charge in [-0.3, -0.25) is 5.10 Å². The number of aryl methyl sites for hydroxylation is 1. The molecular formula is C10H17N3O4S. The lowest BCUT2D eigenvalue weighted by atomic mass is 10.3. The standard InChI is InChI=1S/C10H17N3O4S/c1-4-5-6-13(3)18(16,17)9-8(10(14)15)7(2)11-12-9/h4-6H2,1-3H3,(H,11,12)(H,14,15). The molecule has 0 fully saturated rings. The Labute approximate surface area is 106 Å². The highest BCUT2D eigenvalue weighted by atomic mass is 32.2. The maximum atomic E-state index is 12.2. The molecule has 18 heavy (non-hydrogen) atoms. The van der Waals surface area contributed by atoms with Gasteiger partial charge in [0.1, 0.15) is 5.56 Å². The maximum absolute atomic E-state index is 12.2. The third-order valence-electron chi connectivity index (χ3n) is 2.61. The third kappa shape index (κ3) is 2.70. The molecule has 8 heteroatoms. The number of aromatic carboxylic acids is 1. The van der Waals surface area contributed by atoms with Crippen molar-refractivity contribution in [1.29, 1.82) is 0 Å². The van der Waals surface area contributed by atoms with Gasteiger partial charge in [-0.25, -0.2) is 13.2 Å². The largest absolute Gasteiger partial charge is 0.478 e. The molecule has 0 aliphatic carbocycles. The first kappa shape index (κ1) is 14.7. The molecule has 0 bridgehead atoms. The summed E-state index contributed by atoms with van der Waals surface area (Å²) in [7, 11) is -2.44. The molecule has 0 saturated heterocycles. The molecule has 0 aliphatic rings. The second-order valence-corrected chi connectivity index (χ2v) is 5.97. The van der Waals surface area contributed by atoms with Crippen molar-refractivity contribution in [3.63, 3.8) is 0 Å². The van der Waals surface area contributed by atoms with E-state index in [9.17, 15) is 13.2 Å². The summed E-state index contributed by atoms with van der Waals surface area (Å²) in [5.74, 6) is -1.30. The van der Waals surface area contributed by atoms with Crippen molar-refractivity contribution in [3.05, 3.63) is 11.3 Å². The minimum atomic E-state index is -3.86. The number of H-pyrrole nitrogens is 1. The smallest absolute Gasteiger partial charge is 0.340 e. The summed E-state index contributed by atoms with van der Waals surface area (Å²) >= 11 is 0. The van der Waals surface area contributed by atoms with Gasteiger partial charge in [-0.05, 0) is 13.3 Å². The van der Waals surface area contributed by atoms with Gasteiger partial charge in [0.2, 0.25) is 5.03 Å². The Morgan fingerprint density at radius 1 is 1.50 bits per heavy atom. The number of nitrogens with one attached hydrogen (secondary N) is 1. The fraction of sp³-hybridized carbons (Fsp3) is 0.600. The lowest BCUT2D eigenvalue weighted by Crippen LogP contribution is -2.29. The maximum Gasteiger partial charge on any atom is 0.340 e. The van der Waals surface area contributed by atoms with E-state index in [-0.39, 0.29) is 11.3 Å². The number of sulfonamides is 1. The van der Waals surface area contributed by atoms with E-state index in [0.717, 1.165) is 10.7 Å². The van der Waals surface area contributed by atoms with Crippen molar-refractivity contribution in [3.8, 4) is 0 Å². The number of carboxylic acids is 1. The summed E-state index contributed by atoms with van der Waals surface area (Å²) < 4.78 is 25.4. The average molecular weight is 275 g/mol. The van der Waals surface area contributed by atoms with Crippen LogP contribution in [0.1, 0.15) is 35.8 Å². The van der Waals surface area contributed by atoms with Crippen molar-refractivity contribution < 1.29 is 18.3 Å². The Morgan fingerprint density at radius 3 is 2.61 bits per heavy atom. The molecule has 0 saturated carbocycles. The average Bonchev–Trinajstić information content (AvgIpc) is 2.68. The van der Waals surface area contributed by atoms with Crippen molar-refractivity contribution in [1.82, 2.24) is 14.5 Å². The van der Waals surface area contributed by atoms with Gasteiger partial charge in [0.25, 0.3) is 10.0 Å². The highest BCUT2D eigenvalue weighted by molar-refractivity contribution is 7.89. The fourth-order valence-electron chi connectivity index (χ4n) is 1.49. The van der Waals surface area contributed by atoms with Crippen LogP contribution in [-0.4, -0.2) is 47.6 Å². The summed E-state index contributed by atoms with van der Waals surface area (Å²) in [5, 5.41) is 14.6. The van der Waals surface area contributed by atoms with Crippen molar-refractivity contribution in [2.24, 2.45) is 0 Å². The van der Waals surface area contributed by atoms with Crippen molar-refractivity contribution >= 4 is 16.0 Å². The summed E-state index contributed by atoms with van der Waals surface area (Å²) in [4.78, 5) is 11.0.